The van der Waals surface area contributed by atoms with Gasteiger partial charge in [0.15, 0.2) is 0 Å². The van der Waals surface area contributed by atoms with Gasteiger partial charge in [0.05, 0.1) is 4.90 Å². The summed E-state index contributed by atoms with van der Waals surface area (Å²) in [6.07, 6.45) is 1.85. The summed E-state index contributed by atoms with van der Waals surface area (Å²) >= 11 is 0. The molecule has 1 aromatic rings. The molecule has 0 spiro atoms. The average molecular weight is 302 g/mol. The summed E-state index contributed by atoms with van der Waals surface area (Å²) in [6, 6.07) is 3.86. The Morgan fingerprint density at radius 2 is 1.90 bits per heavy atom. The fourth-order valence-corrected chi connectivity index (χ4v) is 3.10. The molecule has 0 bridgehead atoms. The predicted octanol–water partition coefficient (Wildman–Crippen LogP) is 2.26. The van der Waals surface area contributed by atoms with E-state index in [4.69, 9.17) is 0 Å². The monoisotopic (exact) mass is 302 g/mol. The molecule has 1 aromatic carbocycles. The van der Waals surface area contributed by atoms with Crippen LogP contribution in [0, 0.1) is 11.7 Å². The van der Waals surface area contributed by atoms with Crippen molar-refractivity contribution in [1.82, 2.24) is 10.0 Å². The van der Waals surface area contributed by atoms with Gasteiger partial charge in [-0.2, -0.15) is 0 Å². The molecule has 4 nitrogen and oxygen atoms in total. The second-order valence-corrected chi connectivity index (χ2v) is 6.58. The fraction of sp³-hybridized carbons (Fsp3) is 0.571. The van der Waals surface area contributed by atoms with Crippen LogP contribution in [0.25, 0.3) is 0 Å². The lowest BCUT2D eigenvalue weighted by molar-refractivity contribution is 0.479. The summed E-state index contributed by atoms with van der Waals surface area (Å²) in [4.78, 5) is 0.107. The van der Waals surface area contributed by atoms with Gasteiger partial charge >= 0.3 is 0 Å². The highest BCUT2D eigenvalue weighted by Crippen LogP contribution is 2.16. The van der Waals surface area contributed by atoms with Crippen molar-refractivity contribution in [3.8, 4) is 0 Å². The van der Waals surface area contributed by atoms with Crippen LogP contribution in [-0.2, 0) is 16.6 Å². The van der Waals surface area contributed by atoms with Crippen LogP contribution in [-0.4, -0.2) is 22.0 Å². The van der Waals surface area contributed by atoms with Crippen molar-refractivity contribution in [3.63, 3.8) is 0 Å². The third-order valence-corrected chi connectivity index (χ3v) is 4.83. The van der Waals surface area contributed by atoms with E-state index >= 15 is 0 Å². The summed E-state index contributed by atoms with van der Waals surface area (Å²) in [5.41, 5.74) is 0.345. The van der Waals surface area contributed by atoms with Gasteiger partial charge < -0.3 is 5.32 Å². The Morgan fingerprint density at radius 3 is 2.45 bits per heavy atom. The van der Waals surface area contributed by atoms with E-state index in [1.165, 1.54) is 18.2 Å². The summed E-state index contributed by atoms with van der Waals surface area (Å²) in [5.74, 6) is -0.0831. The van der Waals surface area contributed by atoms with Crippen LogP contribution < -0.4 is 10.0 Å². The lowest BCUT2D eigenvalue weighted by Crippen LogP contribution is -2.29. The number of sulfonamides is 1. The van der Waals surface area contributed by atoms with E-state index < -0.39 is 15.8 Å². The lowest BCUT2D eigenvalue weighted by atomic mass is 10.0. The predicted molar refractivity (Wildman–Crippen MR) is 78.4 cm³/mol. The van der Waals surface area contributed by atoms with Crippen LogP contribution in [0.2, 0.25) is 0 Å². The first kappa shape index (κ1) is 17.1. The molecule has 0 unspecified atom stereocenters. The first-order valence-electron chi connectivity index (χ1n) is 6.87. The van der Waals surface area contributed by atoms with Gasteiger partial charge in [-0.25, -0.2) is 17.5 Å². The average Bonchev–Trinajstić information content (AvgIpc) is 2.42. The zero-order valence-electron chi connectivity index (χ0n) is 12.2. The standard InChI is InChI=1S/C14H23FN2O2S/c1-4-11(5-2)9-17-20(18,19)13-6-7-14(15)12(8-13)10-16-3/h6-8,11,16-17H,4-5,9-10H2,1-3H3. The molecule has 0 aliphatic rings. The molecular weight excluding hydrogens is 279 g/mol. The molecule has 114 valence electrons. The minimum Gasteiger partial charge on any atom is -0.316 e. The van der Waals surface area contributed by atoms with Crippen LogP contribution in [0.4, 0.5) is 4.39 Å². The third-order valence-electron chi connectivity index (χ3n) is 3.41. The van der Waals surface area contributed by atoms with Crippen molar-refractivity contribution in [2.75, 3.05) is 13.6 Å². The second-order valence-electron chi connectivity index (χ2n) is 4.82. The highest BCUT2D eigenvalue weighted by molar-refractivity contribution is 7.89. The molecule has 2 N–H and O–H groups in total. The Labute approximate surface area is 120 Å². The number of hydrogen-bond acceptors (Lipinski definition) is 3. The minimum absolute atomic E-state index is 0.107. The van der Waals surface area contributed by atoms with E-state index in [0.717, 1.165) is 12.8 Å². The van der Waals surface area contributed by atoms with Gasteiger partial charge in [0.2, 0.25) is 10.0 Å². The van der Waals surface area contributed by atoms with Crippen LogP contribution in [0.5, 0.6) is 0 Å². The SMILES string of the molecule is CCC(CC)CNS(=O)(=O)c1ccc(F)c(CNC)c1. The highest BCUT2D eigenvalue weighted by Gasteiger charge is 2.17. The summed E-state index contributed by atoms with van der Waals surface area (Å²) in [5, 5.41) is 2.82. The molecule has 0 aliphatic heterocycles. The van der Waals surface area contributed by atoms with Crippen molar-refractivity contribution in [1.29, 1.82) is 0 Å². The van der Waals surface area contributed by atoms with Gasteiger partial charge in [0.25, 0.3) is 0 Å². The lowest BCUT2D eigenvalue weighted by Gasteiger charge is -2.14. The van der Waals surface area contributed by atoms with Crippen LogP contribution in [0.3, 0.4) is 0 Å². The molecule has 0 radical (unpaired) electrons. The van der Waals surface area contributed by atoms with Crippen molar-refractivity contribution >= 4 is 10.0 Å². The van der Waals surface area contributed by atoms with Crippen LogP contribution in [0.1, 0.15) is 32.3 Å². The Balaban J connectivity index is 2.89. The molecule has 0 saturated carbocycles. The Bertz CT molecular complexity index is 528. The summed E-state index contributed by atoms with van der Waals surface area (Å²) < 4.78 is 40.5. The maximum Gasteiger partial charge on any atom is 0.240 e. The molecule has 20 heavy (non-hydrogen) atoms. The number of halogens is 1. The molecule has 0 fully saturated rings. The van der Waals surface area contributed by atoms with Gasteiger partial charge in [0.1, 0.15) is 5.82 Å². The van der Waals surface area contributed by atoms with Gasteiger partial charge in [-0.15, -0.1) is 0 Å². The van der Waals surface area contributed by atoms with Gasteiger partial charge in [-0.1, -0.05) is 26.7 Å². The molecule has 6 heteroatoms. The minimum atomic E-state index is -3.58. The zero-order valence-corrected chi connectivity index (χ0v) is 13.1. The number of rotatable bonds is 8. The topological polar surface area (TPSA) is 58.2 Å². The Hall–Kier alpha value is -0.980. The number of hydrogen-bond donors (Lipinski definition) is 2. The van der Waals surface area contributed by atoms with E-state index in [2.05, 4.69) is 10.0 Å². The maximum atomic E-state index is 13.5. The number of nitrogens with one attached hydrogen (secondary N) is 2. The number of benzene rings is 1. The van der Waals surface area contributed by atoms with Crippen molar-refractivity contribution in [3.05, 3.63) is 29.6 Å². The maximum absolute atomic E-state index is 13.5. The first-order valence-corrected chi connectivity index (χ1v) is 8.35. The molecule has 0 saturated heterocycles. The molecular formula is C14H23FN2O2S. The Kier molecular flexibility index (Phi) is 6.58. The molecule has 0 aromatic heterocycles. The van der Waals surface area contributed by atoms with E-state index in [1.54, 1.807) is 7.05 Å². The normalized spacial score (nSPS) is 12.1. The fourth-order valence-electron chi connectivity index (χ4n) is 1.93. The van der Waals surface area contributed by atoms with Crippen molar-refractivity contribution in [2.45, 2.75) is 38.1 Å². The molecule has 0 aliphatic carbocycles. The quantitative estimate of drug-likeness (QED) is 0.774. The van der Waals surface area contributed by atoms with E-state index in [9.17, 15) is 12.8 Å². The third kappa shape index (κ3) is 4.54. The van der Waals surface area contributed by atoms with Gasteiger partial charge in [-0.3, -0.25) is 0 Å². The van der Waals surface area contributed by atoms with E-state index in [0.29, 0.717) is 24.6 Å². The largest absolute Gasteiger partial charge is 0.316 e. The van der Waals surface area contributed by atoms with Crippen LogP contribution >= 0.6 is 0 Å². The van der Waals surface area contributed by atoms with Crippen molar-refractivity contribution < 1.29 is 12.8 Å². The first-order chi connectivity index (χ1) is 9.44. The van der Waals surface area contributed by atoms with Crippen molar-refractivity contribution in [2.24, 2.45) is 5.92 Å². The highest BCUT2D eigenvalue weighted by atomic mass is 32.2. The second kappa shape index (κ2) is 7.71. The molecule has 1 rings (SSSR count). The molecule has 0 heterocycles. The summed E-state index contributed by atoms with van der Waals surface area (Å²) in [7, 11) is -1.89. The molecule has 0 amide bonds. The van der Waals surface area contributed by atoms with E-state index in [-0.39, 0.29) is 4.90 Å². The zero-order chi connectivity index (χ0) is 15.2. The summed E-state index contributed by atoms with van der Waals surface area (Å²) in [6.45, 7) is 4.77. The van der Waals surface area contributed by atoms with Gasteiger partial charge in [0, 0.05) is 18.7 Å². The molecule has 0 atom stereocenters. The van der Waals surface area contributed by atoms with Crippen LogP contribution in [0.15, 0.2) is 23.1 Å². The smallest absolute Gasteiger partial charge is 0.240 e. The van der Waals surface area contributed by atoms with E-state index in [1.807, 2.05) is 13.8 Å². The van der Waals surface area contributed by atoms with Gasteiger partial charge in [-0.05, 0) is 31.2 Å². The Morgan fingerprint density at radius 1 is 1.25 bits per heavy atom.